The molecule has 3 aromatic rings. The third-order valence-electron chi connectivity index (χ3n) is 5.71. The first-order chi connectivity index (χ1) is 14.3. The lowest BCUT2D eigenvalue weighted by atomic mass is 9.75. The van der Waals surface area contributed by atoms with Crippen LogP contribution in [0.2, 0.25) is 0 Å². The SMILES string of the molecule is COC(=O)[C@H]1CN(C(c2ccccc2)(c2ccccc2)c2ccccc2)CCN1. The van der Waals surface area contributed by atoms with Gasteiger partial charge < -0.3 is 10.1 Å². The van der Waals surface area contributed by atoms with Gasteiger partial charge in [0.25, 0.3) is 0 Å². The first-order valence-corrected chi connectivity index (χ1v) is 9.99. The lowest BCUT2D eigenvalue weighted by molar-refractivity contribution is -0.144. The predicted octanol–water partition coefficient (Wildman–Crippen LogP) is 3.43. The number of hydrogen-bond donors (Lipinski definition) is 1. The molecule has 1 heterocycles. The van der Waals surface area contributed by atoms with E-state index in [1.807, 2.05) is 18.2 Å². The molecule has 1 aliphatic heterocycles. The summed E-state index contributed by atoms with van der Waals surface area (Å²) in [5.74, 6) is -0.224. The quantitative estimate of drug-likeness (QED) is 0.539. The molecule has 1 aliphatic rings. The summed E-state index contributed by atoms with van der Waals surface area (Å²) in [5, 5.41) is 3.31. The maximum absolute atomic E-state index is 12.3. The van der Waals surface area contributed by atoms with Crippen molar-refractivity contribution < 1.29 is 9.53 Å². The van der Waals surface area contributed by atoms with Gasteiger partial charge in [-0.3, -0.25) is 9.69 Å². The highest BCUT2D eigenvalue weighted by atomic mass is 16.5. The average molecular weight is 386 g/mol. The molecule has 29 heavy (non-hydrogen) atoms. The minimum atomic E-state index is -0.502. The molecule has 0 aliphatic carbocycles. The molecule has 0 unspecified atom stereocenters. The summed E-state index contributed by atoms with van der Waals surface area (Å²) in [6.45, 7) is 2.09. The van der Waals surface area contributed by atoms with Crippen molar-refractivity contribution in [2.45, 2.75) is 11.6 Å². The van der Waals surface area contributed by atoms with Crippen LogP contribution in [0.25, 0.3) is 0 Å². The molecular formula is C25H26N2O2. The van der Waals surface area contributed by atoms with Gasteiger partial charge in [0.2, 0.25) is 0 Å². The van der Waals surface area contributed by atoms with Gasteiger partial charge in [0.05, 0.1) is 12.6 Å². The topological polar surface area (TPSA) is 41.6 Å². The fourth-order valence-corrected chi connectivity index (χ4v) is 4.44. The minimum Gasteiger partial charge on any atom is -0.468 e. The summed E-state index contributed by atoms with van der Waals surface area (Å²) in [6.07, 6.45) is 0. The van der Waals surface area contributed by atoms with Gasteiger partial charge >= 0.3 is 5.97 Å². The second kappa shape index (κ2) is 8.60. The van der Waals surface area contributed by atoms with Crippen molar-refractivity contribution in [2.24, 2.45) is 0 Å². The fraction of sp³-hybridized carbons (Fsp3) is 0.240. The maximum Gasteiger partial charge on any atom is 0.324 e. The number of esters is 1. The molecule has 148 valence electrons. The smallest absolute Gasteiger partial charge is 0.324 e. The molecule has 4 rings (SSSR count). The van der Waals surface area contributed by atoms with Crippen LogP contribution >= 0.6 is 0 Å². The van der Waals surface area contributed by atoms with Gasteiger partial charge in [-0.25, -0.2) is 0 Å². The number of carbonyl (C=O) groups excluding carboxylic acids is 1. The van der Waals surface area contributed by atoms with Crippen LogP contribution in [0, 0.1) is 0 Å². The standard InChI is InChI=1S/C25H26N2O2/c1-29-24(28)23-19-27(18-17-26-23)25(20-11-5-2-6-12-20,21-13-7-3-8-14-21)22-15-9-4-10-16-22/h2-16,23,26H,17-19H2,1H3/t23-/m1/s1. The van der Waals surface area contributed by atoms with Crippen LogP contribution in [0.1, 0.15) is 16.7 Å². The number of nitrogens with one attached hydrogen (secondary N) is 1. The number of ether oxygens (including phenoxy) is 1. The Morgan fingerprint density at radius 1 is 0.862 bits per heavy atom. The first-order valence-electron chi connectivity index (χ1n) is 9.99. The molecule has 4 nitrogen and oxygen atoms in total. The van der Waals surface area contributed by atoms with E-state index in [4.69, 9.17) is 4.74 Å². The van der Waals surface area contributed by atoms with Crippen LogP contribution in [-0.4, -0.2) is 43.7 Å². The summed E-state index contributed by atoms with van der Waals surface area (Å²) in [5.41, 5.74) is 3.05. The van der Waals surface area contributed by atoms with Crippen LogP contribution in [0.15, 0.2) is 91.0 Å². The normalized spacial score (nSPS) is 17.6. The Morgan fingerprint density at radius 2 is 1.31 bits per heavy atom. The van der Waals surface area contributed by atoms with E-state index in [2.05, 4.69) is 83.0 Å². The van der Waals surface area contributed by atoms with E-state index in [9.17, 15) is 4.79 Å². The van der Waals surface area contributed by atoms with E-state index in [0.29, 0.717) is 13.1 Å². The highest BCUT2D eigenvalue weighted by Gasteiger charge is 2.44. The summed E-state index contributed by atoms with van der Waals surface area (Å²) in [6, 6.07) is 31.3. The number of nitrogens with zero attached hydrogens (tertiary/aromatic N) is 1. The molecule has 4 heteroatoms. The maximum atomic E-state index is 12.3. The third kappa shape index (κ3) is 3.57. The van der Waals surface area contributed by atoms with Crippen LogP contribution in [0.3, 0.4) is 0 Å². The zero-order chi connectivity index (χ0) is 20.1. The van der Waals surface area contributed by atoms with Crippen molar-refractivity contribution in [1.29, 1.82) is 0 Å². The lowest BCUT2D eigenvalue weighted by Crippen LogP contribution is -2.61. The van der Waals surface area contributed by atoms with Crippen molar-refractivity contribution in [3.63, 3.8) is 0 Å². The van der Waals surface area contributed by atoms with Crippen molar-refractivity contribution in [2.75, 3.05) is 26.7 Å². The summed E-state index contributed by atoms with van der Waals surface area (Å²) in [4.78, 5) is 14.7. The van der Waals surface area contributed by atoms with Crippen molar-refractivity contribution in [1.82, 2.24) is 10.2 Å². The Morgan fingerprint density at radius 3 is 1.72 bits per heavy atom. The minimum absolute atomic E-state index is 0.224. The van der Waals surface area contributed by atoms with E-state index < -0.39 is 5.54 Å². The number of benzene rings is 3. The number of carbonyl (C=O) groups is 1. The Balaban J connectivity index is 1.94. The first kappa shape index (κ1) is 19.4. The second-order valence-electron chi connectivity index (χ2n) is 7.28. The molecule has 0 bridgehead atoms. The van der Waals surface area contributed by atoms with Crippen molar-refractivity contribution >= 4 is 5.97 Å². The fourth-order valence-electron chi connectivity index (χ4n) is 4.44. The van der Waals surface area contributed by atoms with Crippen molar-refractivity contribution in [3.8, 4) is 0 Å². The highest BCUT2D eigenvalue weighted by Crippen LogP contribution is 2.42. The summed E-state index contributed by atoms with van der Waals surface area (Å²) >= 11 is 0. The third-order valence-corrected chi connectivity index (χ3v) is 5.71. The zero-order valence-electron chi connectivity index (χ0n) is 16.6. The second-order valence-corrected chi connectivity index (χ2v) is 7.28. The molecule has 0 radical (unpaired) electrons. The Labute approximate surface area is 172 Å². The summed E-state index contributed by atoms with van der Waals surface area (Å²) in [7, 11) is 1.45. The largest absolute Gasteiger partial charge is 0.468 e. The molecule has 1 fully saturated rings. The van der Waals surface area contributed by atoms with E-state index in [1.54, 1.807) is 0 Å². The van der Waals surface area contributed by atoms with E-state index in [0.717, 1.165) is 6.54 Å². The number of methoxy groups -OCH3 is 1. The van der Waals surface area contributed by atoms with Gasteiger partial charge in [0.15, 0.2) is 0 Å². The van der Waals surface area contributed by atoms with E-state index in [1.165, 1.54) is 23.8 Å². The van der Waals surface area contributed by atoms with Gasteiger partial charge in [0, 0.05) is 19.6 Å². The molecular weight excluding hydrogens is 360 g/mol. The molecule has 3 aromatic carbocycles. The number of hydrogen-bond acceptors (Lipinski definition) is 4. The zero-order valence-corrected chi connectivity index (χ0v) is 16.6. The van der Waals surface area contributed by atoms with Gasteiger partial charge in [-0.2, -0.15) is 0 Å². The van der Waals surface area contributed by atoms with E-state index in [-0.39, 0.29) is 12.0 Å². The Kier molecular flexibility index (Phi) is 5.74. The molecule has 0 amide bonds. The molecule has 0 spiro atoms. The van der Waals surface area contributed by atoms with Crippen LogP contribution in [-0.2, 0) is 15.1 Å². The molecule has 1 atom stereocenters. The Hall–Kier alpha value is -2.95. The summed E-state index contributed by atoms with van der Waals surface area (Å²) < 4.78 is 5.04. The van der Waals surface area contributed by atoms with Crippen molar-refractivity contribution in [3.05, 3.63) is 108 Å². The predicted molar refractivity (Wildman–Crippen MR) is 115 cm³/mol. The average Bonchev–Trinajstić information content (AvgIpc) is 2.81. The number of rotatable bonds is 5. The molecule has 0 saturated carbocycles. The van der Waals surface area contributed by atoms with Gasteiger partial charge in [-0.05, 0) is 16.7 Å². The van der Waals surface area contributed by atoms with E-state index >= 15 is 0 Å². The van der Waals surface area contributed by atoms with Gasteiger partial charge in [-0.1, -0.05) is 91.0 Å². The van der Waals surface area contributed by atoms with Gasteiger partial charge in [0.1, 0.15) is 6.04 Å². The van der Waals surface area contributed by atoms with Crippen LogP contribution < -0.4 is 5.32 Å². The molecule has 0 aromatic heterocycles. The highest BCUT2D eigenvalue weighted by molar-refractivity contribution is 5.76. The lowest BCUT2D eigenvalue weighted by Gasteiger charge is -2.48. The Bertz CT molecular complexity index is 832. The molecule has 1 saturated heterocycles. The van der Waals surface area contributed by atoms with Crippen LogP contribution in [0.5, 0.6) is 0 Å². The van der Waals surface area contributed by atoms with Crippen LogP contribution in [0.4, 0.5) is 0 Å². The monoisotopic (exact) mass is 386 g/mol. The van der Waals surface area contributed by atoms with Gasteiger partial charge in [-0.15, -0.1) is 0 Å². The molecule has 1 N–H and O–H groups in total. The number of piperazine rings is 1.